The summed E-state index contributed by atoms with van der Waals surface area (Å²) in [6.07, 6.45) is 1.52. The predicted octanol–water partition coefficient (Wildman–Crippen LogP) is -0.183. The van der Waals surface area contributed by atoms with Crippen molar-refractivity contribution in [3.05, 3.63) is 0 Å². The first-order valence-corrected chi connectivity index (χ1v) is 2.24. The first kappa shape index (κ1) is 7.10. The van der Waals surface area contributed by atoms with Crippen LogP contribution in [0.1, 0.15) is 6.92 Å². The summed E-state index contributed by atoms with van der Waals surface area (Å²) in [5.41, 5.74) is 0. The average Bonchev–Trinajstić information content (AvgIpc) is 1.67. The molecular weight excluding hydrogens is 104 g/mol. The molecular formula is C4H10N4. The molecule has 8 heavy (non-hydrogen) atoms. The monoisotopic (exact) mass is 114 g/mol. The molecule has 0 saturated heterocycles. The van der Waals surface area contributed by atoms with Gasteiger partial charge in [-0.25, -0.2) is 10.8 Å². The molecule has 0 fully saturated rings. The molecule has 4 heteroatoms. The second-order valence-electron chi connectivity index (χ2n) is 1.32. The van der Waals surface area contributed by atoms with E-state index in [0.717, 1.165) is 5.01 Å². The standard InChI is InChI=1S/C4H10N4/c1-3-7-4(5)8(2)6/h3,5H,6H2,1-2H3. The van der Waals surface area contributed by atoms with Crippen LogP contribution in [0.3, 0.4) is 0 Å². The molecule has 4 nitrogen and oxygen atoms in total. The van der Waals surface area contributed by atoms with Crippen LogP contribution in [-0.4, -0.2) is 24.2 Å². The maximum Gasteiger partial charge on any atom is 0.231 e. The second-order valence-corrected chi connectivity index (χ2v) is 1.32. The Labute approximate surface area is 48.5 Å². The summed E-state index contributed by atoms with van der Waals surface area (Å²) in [5, 5.41) is 8.09. The van der Waals surface area contributed by atoms with Crippen molar-refractivity contribution < 1.29 is 0 Å². The zero-order valence-electron chi connectivity index (χ0n) is 5.05. The topological polar surface area (TPSA) is 65.5 Å². The Hall–Kier alpha value is -0.900. The lowest BCUT2D eigenvalue weighted by Crippen LogP contribution is -2.31. The van der Waals surface area contributed by atoms with Crippen molar-refractivity contribution in [3.8, 4) is 0 Å². The molecule has 0 aromatic carbocycles. The fourth-order valence-corrected chi connectivity index (χ4v) is 0.213. The van der Waals surface area contributed by atoms with Gasteiger partial charge in [-0.15, -0.1) is 0 Å². The van der Waals surface area contributed by atoms with Crippen LogP contribution in [0.15, 0.2) is 4.99 Å². The van der Waals surface area contributed by atoms with Gasteiger partial charge in [-0.05, 0) is 6.92 Å². The number of hydrazine groups is 1. The minimum Gasteiger partial charge on any atom is -0.282 e. The first-order valence-electron chi connectivity index (χ1n) is 2.24. The highest BCUT2D eigenvalue weighted by Crippen LogP contribution is 1.73. The predicted molar refractivity (Wildman–Crippen MR) is 33.8 cm³/mol. The largest absolute Gasteiger partial charge is 0.282 e. The second kappa shape index (κ2) is 3.15. The number of nitrogens with one attached hydrogen (secondary N) is 1. The van der Waals surface area contributed by atoms with Gasteiger partial charge in [0.25, 0.3) is 0 Å². The van der Waals surface area contributed by atoms with E-state index in [4.69, 9.17) is 11.3 Å². The Morgan fingerprint density at radius 3 is 2.50 bits per heavy atom. The number of nitrogens with zero attached hydrogens (tertiary/aromatic N) is 2. The molecule has 0 spiro atoms. The van der Waals surface area contributed by atoms with Gasteiger partial charge in [0.1, 0.15) is 0 Å². The van der Waals surface area contributed by atoms with Crippen LogP contribution in [0, 0.1) is 5.41 Å². The molecule has 0 aliphatic carbocycles. The summed E-state index contributed by atoms with van der Waals surface area (Å²) >= 11 is 0. The highest BCUT2D eigenvalue weighted by molar-refractivity contribution is 5.83. The van der Waals surface area contributed by atoms with E-state index < -0.39 is 0 Å². The number of rotatable bonds is 0. The van der Waals surface area contributed by atoms with Crippen LogP contribution in [0.2, 0.25) is 0 Å². The summed E-state index contributed by atoms with van der Waals surface area (Å²) in [5.74, 6) is 5.18. The van der Waals surface area contributed by atoms with Crippen LogP contribution < -0.4 is 5.84 Å². The van der Waals surface area contributed by atoms with Gasteiger partial charge >= 0.3 is 0 Å². The third-order valence-corrected chi connectivity index (χ3v) is 0.585. The van der Waals surface area contributed by atoms with Crippen LogP contribution in [0.4, 0.5) is 0 Å². The Balaban J connectivity index is 3.66. The third-order valence-electron chi connectivity index (χ3n) is 0.585. The molecule has 0 aromatic heterocycles. The van der Waals surface area contributed by atoms with Crippen LogP contribution in [0.5, 0.6) is 0 Å². The van der Waals surface area contributed by atoms with Gasteiger partial charge in [-0.2, -0.15) is 0 Å². The van der Waals surface area contributed by atoms with E-state index in [9.17, 15) is 0 Å². The van der Waals surface area contributed by atoms with Gasteiger partial charge in [-0.3, -0.25) is 10.4 Å². The van der Waals surface area contributed by atoms with Crippen molar-refractivity contribution in [1.29, 1.82) is 5.41 Å². The molecule has 0 saturated carbocycles. The van der Waals surface area contributed by atoms with Gasteiger partial charge < -0.3 is 0 Å². The lowest BCUT2D eigenvalue weighted by atomic mass is 10.8. The quantitative estimate of drug-likeness (QED) is 0.198. The van der Waals surface area contributed by atoms with Gasteiger partial charge in [0, 0.05) is 13.3 Å². The van der Waals surface area contributed by atoms with Crippen molar-refractivity contribution in [2.45, 2.75) is 6.92 Å². The molecule has 0 unspecified atom stereocenters. The third kappa shape index (κ3) is 2.30. The molecule has 46 valence electrons. The summed E-state index contributed by atoms with van der Waals surface area (Å²) in [7, 11) is 1.56. The Morgan fingerprint density at radius 2 is 2.38 bits per heavy atom. The molecule has 3 N–H and O–H groups in total. The lowest BCUT2D eigenvalue weighted by molar-refractivity contribution is 0.529. The molecule has 0 aliphatic rings. The summed E-state index contributed by atoms with van der Waals surface area (Å²) < 4.78 is 0. The molecule has 0 heterocycles. The number of hydrogen-bond donors (Lipinski definition) is 2. The summed E-state index contributed by atoms with van der Waals surface area (Å²) in [6.45, 7) is 1.73. The van der Waals surface area contributed by atoms with Gasteiger partial charge in [0.2, 0.25) is 5.96 Å². The minimum atomic E-state index is 0.0625. The van der Waals surface area contributed by atoms with E-state index in [1.165, 1.54) is 6.21 Å². The fraction of sp³-hybridized carbons (Fsp3) is 0.500. The van der Waals surface area contributed by atoms with Crippen LogP contribution in [-0.2, 0) is 0 Å². The van der Waals surface area contributed by atoms with Crippen molar-refractivity contribution in [2.75, 3.05) is 7.05 Å². The zero-order valence-corrected chi connectivity index (χ0v) is 5.05. The highest BCUT2D eigenvalue weighted by Gasteiger charge is 1.89. The maximum absolute atomic E-state index is 6.95. The zero-order chi connectivity index (χ0) is 6.57. The first-order chi connectivity index (χ1) is 3.68. The van der Waals surface area contributed by atoms with Gasteiger partial charge in [-0.1, -0.05) is 0 Å². The van der Waals surface area contributed by atoms with Crippen LogP contribution in [0.25, 0.3) is 0 Å². The van der Waals surface area contributed by atoms with Crippen molar-refractivity contribution in [3.63, 3.8) is 0 Å². The number of nitrogens with two attached hydrogens (primary N) is 1. The normalized spacial score (nSPS) is 9.88. The molecule has 0 radical (unpaired) electrons. The number of hydrogen-bond acceptors (Lipinski definition) is 2. The van der Waals surface area contributed by atoms with Crippen molar-refractivity contribution >= 4 is 12.2 Å². The van der Waals surface area contributed by atoms with Crippen LogP contribution >= 0.6 is 0 Å². The van der Waals surface area contributed by atoms with Crippen molar-refractivity contribution in [2.24, 2.45) is 10.8 Å². The molecule has 0 bridgehead atoms. The SMILES string of the molecule is CC=NC(=N)N(C)N. The van der Waals surface area contributed by atoms with Gasteiger partial charge in [0.05, 0.1) is 0 Å². The summed E-state index contributed by atoms with van der Waals surface area (Å²) in [4.78, 5) is 3.58. The van der Waals surface area contributed by atoms with E-state index in [1.807, 2.05) is 0 Å². The van der Waals surface area contributed by atoms with E-state index in [2.05, 4.69) is 4.99 Å². The van der Waals surface area contributed by atoms with Crippen molar-refractivity contribution in [1.82, 2.24) is 5.01 Å². The summed E-state index contributed by atoms with van der Waals surface area (Å²) in [6, 6.07) is 0. The van der Waals surface area contributed by atoms with Gasteiger partial charge in [0.15, 0.2) is 0 Å². The highest BCUT2D eigenvalue weighted by atomic mass is 15.4. The molecule has 0 rings (SSSR count). The Kier molecular flexibility index (Phi) is 2.79. The minimum absolute atomic E-state index is 0.0625. The molecule has 0 aliphatic heterocycles. The van der Waals surface area contributed by atoms with E-state index >= 15 is 0 Å². The maximum atomic E-state index is 6.95. The Morgan fingerprint density at radius 1 is 1.88 bits per heavy atom. The molecule has 0 aromatic rings. The Bertz CT molecular complexity index is 105. The molecule has 0 atom stereocenters. The van der Waals surface area contributed by atoms with E-state index in [1.54, 1.807) is 14.0 Å². The van der Waals surface area contributed by atoms with E-state index in [-0.39, 0.29) is 5.96 Å². The number of aliphatic imine (C=N–C) groups is 1. The average molecular weight is 114 g/mol. The number of guanidine groups is 1. The fourth-order valence-electron chi connectivity index (χ4n) is 0.213. The lowest BCUT2D eigenvalue weighted by Gasteiger charge is -2.06. The molecule has 0 amide bonds. The smallest absolute Gasteiger partial charge is 0.231 e. The van der Waals surface area contributed by atoms with E-state index in [0.29, 0.717) is 0 Å².